The number of hydrogen-bond donors (Lipinski definition) is 11. The van der Waals surface area contributed by atoms with Crippen molar-refractivity contribution < 1.29 is 64.1 Å². The summed E-state index contributed by atoms with van der Waals surface area (Å²) in [6.45, 7) is 5.50. The molecule has 0 saturated carbocycles. The van der Waals surface area contributed by atoms with Gasteiger partial charge >= 0.3 is 11.9 Å². The second-order valence-corrected chi connectivity index (χ2v) is 14.2. The first-order valence-electron chi connectivity index (χ1n) is 17.6. The molecule has 2 fully saturated rings. The van der Waals surface area contributed by atoms with E-state index >= 15 is 0 Å². The van der Waals surface area contributed by atoms with E-state index < -0.39 is 115 Å². The van der Waals surface area contributed by atoms with Gasteiger partial charge in [-0.25, -0.2) is 9.78 Å². The van der Waals surface area contributed by atoms with Crippen LogP contribution in [0.2, 0.25) is 0 Å². The van der Waals surface area contributed by atoms with Gasteiger partial charge in [0.25, 0.3) is 0 Å². The number of carboxylic acid groups (broad SMARTS) is 2. The van der Waals surface area contributed by atoms with Gasteiger partial charge in [0, 0.05) is 25.6 Å². The van der Waals surface area contributed by atoms with Crippen molar-refractivity contribution in [3.8, 4) is 0 Å². The number of aliphatic carboxylic acids is 2. The van der Waals surface area contributed by atoms with Gasteiger partial charge < -0.3 is 61.2 Å². The number of ether oxygens (including phenoxy) is 1. The minimum Gasteiger partial charge on any atom is -0.481 e. The van der Waals surface area contributed by atoms with E-state index in [-0.39, 0.29) is 38.1 Å². The Morgan fingerprint density at radius 1 is 1.00 bits per heavy atom. The number of rotatable bonds is 20. The Kier molecular flexibility index (Phi) is 15.7. The third kappa shape index (κ3) is 11.2. The van der Waals surface area contributed by atoms with Crippen LogP contribution in [0.3, 0.4) is 0 Å². The predicted molar refractivity (Wildman–Crippen MR) is 182 cm³/mol. The van der Waals surface area contributed by atoms with Gasteiger partial charge in [-0.05, 0) is 37.5 Å². The van der Waals surface area contributed by atoms with Crippen molar-refractivity contribution in [1.29, 1.82) is 0 Å². The lowest BCUT2D eigenvalue weighted by Gasteiger charge is -2.37. The Bertz CT molecular complexity index is 1430. The fourth-order valence-corrected chi connectivity index (χ4v) is 6.47. The highest BCUT2D eigenvalue weighted by Gasteiger charge is 2.55. The molecule has 0 aliphatic carbocycles. The summed E-state index contributed by atoms with van der Waals surface area (Å²) in [6, 6.07) is -6.29. The molecule has 0 spiro atoms. The number of imidazole rings is 1. The Morgan fingerprint density at radius 3 is 2.21 bits per heavy atom. The number of H-pyrrole nitrogens is 1. The molecule has 298 valence electrons. The first-order valence-corrected chi connectivity index (χ1v) is 17.6. The van der Waals surface area contributed by atoms with E-state index in [1.54, 1.807) is 13.8 Å². The molecule has 1 aromatic rings. The Balaban J connectivity index is 1.83. The number of aromatic nitrogens is 2. The highest BCUT2D eigenvalue weighted by molar-refractivity contribution is 5.96. The Labute approximate surface area is 306 Å². The predicted octanol–water partition coefficient (Wildman–Crippen LogP) is -3.19. The number of hydrogen-bond acceptors (Lipinski definition) is 13. The molecular weight excluding hydrogens is 702 g/mol. The second kappa shape index (κ2) is 19.2. The van der Waals surface area contributed by atoms with E-state index in [9.17, 15) is 54.3 Å². The molecule has 9 atom stereocenters. The number of carbonyl (C=O) groups is 6. The topological polar surface area (TPSA) is 313 Å². The van der Waals surface area contributed by atoms with E-state index in [0.29, 0.717) is 12.1 Å². The first-order chi connectivity index (χ1) is 24.9. The normalized spacial score (nSPS) is 25.1. The van der Waals surface area contributed by atoms with Gasteiger partial charge in [-0.3, -0.25) is 29.3 Å². The molecule has 11 N–H and O–H groups in total. The number of nitrogens with zero attached hydrogens (tertiary/aromatic N) is 2. The summed E-state index contributed by atoms with van der Waals surface area (Å²) in [5.74, 6) is -6.24. The van der Waals surface area contributed by atoms with E-state index in [1.165, 1.54) is 17.4 Å². The number of nitrogens with one attached hydrogen (secondary N) is 5. The molecule has 20 nitrogen and oxygen atoms in total. The maximum Gasteiger partial charge on any atom is 0.326 e. The standard InChI is InChI=1S/C33H53N7O13/c1-16(2)10-21(31(50)40-9-5-6-22(40)29(48)36-19(32(51)52)7-8-24(43)44)38-28(47)20(11-18-12-34-15-35-18)37-30(49)25(17(3)4)39-33(14-42)27(46)26(45)23(13-41)53-33/h12,15-17,19-23,25-27,39,41-42,45-46H,5-11,13-14H2,1-4H3,(H,34,35)(H,36,48)(H,37,49)(H,38,47)(H,43,44)(H,51,52)/t19-,20-,21-,22-,23+,25-,26+,27-,33-/m0/s1. The zero-order valence-corrected chi connectivity index (χ0v) is 30.2. The minimum atomic E-state index is -2.03. The summed E-state index contributed by atoms with van der Waals surface area (Å²) >= 11 is 0. The highest BCUT2D eigenvalue weighted by Crippen LogP contribution is 2.30. The number of carboxylic acids is 2. The van der Waals surface area contributed by atoms with E-state index in [0.717, 1.165) is 0 Å². The fraction of sp³-hybridized carbons (Fsp3) is 0.727. The van der Waals surface area contributed by atoms with Crippen molar-refractivity contribution in [2.24, 2.45) is 11.8 Å². The summed E-state index contributed by atoms with van der Waals surface area (Å²) < 4.78 is 5.58. The van der Waals surface area contributed by atoms with Gasteiger partial charge in [0.15, 0.2) is 5.72 Å². The molecule has 3 rings (SSSR count). The Morgan fingerprint density at radius 2 is 1.68 bits per heavy atom. The zero-order valence-electron chi connectivity index (χ0n) is 30.2. The quantitative estimate of drug-likeness (QED) is 0.0625. The molecule has 4 amide bonds. The zero-order chi connectivity index (χ0) is 39.6. The van der Waals surface area contributed by atoms with Crippen molar-refractivity contribution in [2.75, 3.05) is 19.8 Å². The second-order valence-electron chi connectivity index (χ2n) is 14.2. The van der Waals surface area contributed by atoms with Gasteiger partial charge in [0.1, 0.15) is 42.5 Å². The summed E-state index contributed by atoms with van der Waals surface area (Å²) in [6.07, 6.45) is -1.94. The molecule has 0 bridgehead atoms. The van der Waals surface area contributed by atoms with E-state index in [1.807, 2.05) is 13.8 Å². The lowest BCUT2D eigenvalue weighted by molar-refractivity contribution is -0.153. The van der Waals surface area contributed by atoms with Crippen LogP contribution in [0.5, 0.6) is 0 Å². The number of likely N-dealkylation sites (tertiary alicyclic amines) is 1. The number of amides is 4. The smallest absolute Gasteiger partial charge is 0.326 e. The monoisotopic (exact) mass is 755 g/mol. The van der Waals surface area contributed by atoms with Crippen LogP contribution in [0.25, 0.3) is 0 Å². The fourth-order valence-electron chi connectivity index (χ4n) is 6.47. The van der Waals surface area contributed by atoms with Crippen molar-refractivity contribution in [3.63, 3.8) is 0 Å². The molecule has 2 aliphatic rings. The average Bonchev–Trinajstić information content (AvgIpc) is 3.85. The molecular formula is C33H53N7O13. The van der Waals surface area contributed by atoms with E-state index in [4.69, 9.17) is 9.84 Å². The summed E-state index contributed by atoms with van der Waals surface area (Å²) in [4.78, 5) is 86.0. The molecule has 0 radical (unpaired) electrons. The van der Waals surface area contributed by atoms with E-state index in [2.05, 4.69) is 31.2 Å². The molecule has 1 aromatic heterocycles. The van der Waals surface area contributed by atoms with Crippen molar-refractivity contribution >= 4 is 35.6 Å². The summed E-state index contributed by atoms with van der Waals surface area (Å²) in [5.41, 5.74) is -1.65. The van der Waals surface area contributed by atoms with Crippen LogP contribution >= 0.6 is 0 Å². The number of aliphatic hydroxyl groups is 4. The van der Waals surface area contributed by atoms with Gasteiger partial charge in [-0.1, -0.05) is 27.7 Å². The van der Waals surface area contributed by atoms with Crippen LogP contribution in [0, 0.1) is 11.8 Å². The van der Waals surface area contributed by atoms with Crippen molar-refractivity contribution in [1.82, 2.24) is 36.1 Å². The summed E-state index contributed by atoms with van der Waals surface area (Å²) in [7, 11) is 0. The maximum absolute atomic E-state index is 14.0. The van der Waals surface area contributed by atoms with Crippen LogP contribution in [-0.2, 0) is 39.9 Å². The number of aromatic amines is 1. The SMILES string of the molecule is CC(C)C[C@H](NC(=O)[C@H](Cc1c[nH]cn1)NC(=O)[C@@H](N[C@@]1(CO)O[C@H](CO)[C@@H](O)[C@@H]1O)C(C)C)C(=O)N1CCC[C@H]1C(=O)N[C@@H](CCC(=O)O)C(=O)O. The lowest BCUT2D eigenvalue weighted by atomic mass is 9.97. The molecule has 20 heteroatoms. The van der Waals surface area contributed by atoms with Crippen LogP contribution in [0.15, 0.2) is 12.5 Å². The third-order valence-electron chi connectivity index (χ3n) is 9.33. The van der Waals surface area contributed by atoms with Gasteiger partial charge in [-0.15, -0.1) is 0 Å². The largest absolute Gasteiger partial charge is 0.481 e. The molecule has 2 saturated heterocycles. The number of carbonyl (C=O) groups excluding carboxylic acids is 4. The van der Waals surface area contributed by atoms with Gasteiger partial charge in [0.05, 0.1) is 31.3 Å². The molecule has 0 unspecified atom stereocenters. The van der Waals surface area contributed by atoms with Crippen LogP contribution in [0.4, 0.5) is 0 Å². The third-order valence-corrected chi connectivity index (χ3v) is 9.33. The van der Waals surface area contributed by atoms with Gasteiger partial charge in [0.2, 0.25) is 23.6 Å². The van der Waals surface area contributed by atoms with Crippen LogP contribution in [0.1, 0.15) is 65.5 Å². The van der Waals surface area contributed by atoms with Crippen molar-refractivity contribution in [2.45, 2.75) is 120 Å². The van der Waals surface area contributed by atoms with Gasteiger partial charge in [-0.2, -0.15) is 0 Å². The maximum atomic E-state index is 14.0. The van der Waals surface area contributed by atoms with Crippen molar-refractivity contribution in [3.05, 3.63) is 18.2 Å². The number of aliphatic hydroxyl groups excluding tert-OH is 4. The van der Waals surface area contributed by atoms with Crippen LogP contribution < -0.4 is 21.3 Å². The summed E-state index contributed by atoms with van der Waals surface area (Å²) in [5, 5.41) is 69.8. The lowest BCUT2D eigenvalue weighted by Crippen LogP contribution is -2.66. The first kappa shape index (κ1) is 43.2. The molecule has 0 aromatic carbocycles. The molecule has 2 aliphatic heterocycles. The highest BCUT2D eigenvalue weighted by atomic mass is 16.6. The minimum absolute atomic E-state index is 0.133. The van der Waals surface area contributed by atoms with Crippen LogP contribution in [-0.4, -0.2) is 155 Å². The average molecular weight is 756 g/mol. The molecule has 53 heavy (non-hydrogen) atoms. The Hall–Kier alpha value is -4.21. The molecule has 3 heterocycles.